The van der Waals surface area contributed by atoms with Gasteiger partial charge in [-0.15, -0.1) is 0 Å². The number of halogens is 1. The van der Waals surface area contributed by atoms with Crippen molar-refractivity contribution in [1.82, 2.24) is 4.98 Å². The molecule has 2 aromatic carbocycles. The molecule has 0 saturated heterocycles. The molecule has 3 aromatic rings. The van der Waals surface area contributed by atoms with E-state index in [1.807, 2.05) is 0 Å². The van der Waals surface area contributed by atoms with Gasteiger partial charge in [0.15, 0.2) is 0 Å². The highest BCUT2D eigenvalue weighted by atomic mass is 19.1. The van der Waals surface area contributed by atoms with E-state index in [2.05, 4.69) is 4.98 Å². The van der Waals surface area contributed by atoms with E-state index < -0.39 is 5.97 Å². The molecule has 1 heterocycles. The van der Waals surface area contributed by atoms with Crippen molar-refractivity contribution in [1.29, 1.82) is 0 Å². The summed E-state index contributed by atoms with van der Waals surface area (Å²) in [4.78, 5) is 15.9. The van der Waals surface area contributed by atoms with Crippen molar-refractivity contribution in [3.8, 4) is 17.0 Å². The molecular formula is C17H12FNO3. The number of ether oxygens (including phenoxy) is 1. The van der Waals surface area contributed by atoms with E-state index >= 15 is 0 Å². The number of aromatic carboxylic acids is 1. The minimum Gasteiger partial charge on any atom is -0.497 e. The number of rotatable bonds is 3. The molecule has 0 fully saturated rings. The fourth-order valence-corrected chi connectivity index (χ4v) is 2.28. The summed E-state index contributed by atoms with van der Waals surface area (Å²) in [7, 11) is 1.53. The first-order valence-electron chi connectivity index (χ1n) is 6.56. The van der Waals surface area contributed by atoms with Crippen LogP contribution in [-0.4, -0.2) is 23.2 Å². The zero-order valence-corrected chi connectivity index (χ0v) is 11.7. The number of carboxylic acids is 1. The lowest BCUT2D eigenvalue weighted by Crippen LogP contribution is -2.00. The topological polar surface area (TPSA) is 59.4 Å². The lowest BCUT2D eigenvalue weighted by atomic mass is 10.0. The van der Waals surface area contributed by atoms with E-state index in [1.165, 1.54) is 25.3 Å². The largest absolute Gasteiger partial charge is 0.497 e. The molecule has 0 saturated carbocycles. The van der Waals surface area contributed by atoms with Crippen molar-refractivity contribution in [2.45, 2.75) is 0 Å². The molecule has 3 rings (SSSR count). The van der Waals surface area contributed by atoms with Gasteiger partial charge >= 0.3 is 5.97 Å². The van der Waals surface area contributed by atoms with Gasteiger partial charge in [0.1, 0.15) is 11.6 Å². The van der Waals surface area contributed by atoms with Crippen molar-refractivity contribution < 1.29 is 19.0 Å². The SMILES string of the molecule is COc1ccc2c(C(=O)O)cc(-c3ccc(F)cc3)nc2c1. The number of hydrogen-bond donors (Lipinski definition) is 1. The molecule has 0 aliphatic carbocycles. The average Bonchev–Trinajstić information content (AvgIpc) is 2.53. The molecule has 1 aromatic heterocycles. The van der Waals surface area contributed by atoms with Gasteiger partial charge in [-0.1, -0.05) is 0 Å². The monoisotopic (exact) mass is 297 g/mol. The molecule has 0 unspecified atom stereocenters. The molecule has 22 heavy (non-hydrogen) atoms. The van der Waals surface area contributed by atoms with Crippen LogP contribution in [0.5, 0.6) is 5.75 Å². The zero-order chi connectivity index (χ0) is 15.7. The lowest BCUT2D eigenvalue weighted by molar-refractivity contribution is 0.0699. The first-order chi connectivity index (χ1) is 10.6. The van der Waals surface area contributed by atoms with Crippen LogP contribution in [0, 0.1) is 5.82 Å². The fourth-order valence-electron chi connectivity index (χ4n) is 2.28. The quantitative estimate of drug-likeness (QED) is 0.800. The summed E-state index contributed by atoms with van der Waals surface area (Å²) < 4.78 is 18.2. The second kappa shape index (κ2) is 5.44. The van der Waals surface area contributed by atoms with Gasteiger partial charge in [0.25, 0.3) is 0 Å². The number of hydrogen-bond acceptors (Lipinski definition) is 3. The van der Waals surface area contributed by atoms with Gasteiger partial charge in [-0.25, -0.2) is 14.2 Å². The molecule has 110 valence electrons. The van der Waals surface area contributed by atoms with Crippen LogP contribution in [-0.2, 0) is 0 Å². The van der Waals surface area contributed by atoms with Crippen molar-refractivity contribution in [3.05, 3.63) is 59.9 Å². The molecule has 0 spiro atoms. The third-order valence-corrected chi connectivity index (χ3v) is 3.39. The van der Waals surface area contributed by atoms with Crippen LogP contribution < -0.4 is 4.74 Å². The van der Waals surface area contributed by atoms with Crippen LogP contribution in [0.25, 0.3) is 22.2 Å². The van der Waals surface area contributed by atoms with E-state index in [9.17, 15) is 14.3 Å². The Morgan fingerprint density at radius 2 is 1.86 bits per heavy atom. The van der Waals surface area contributed by atoms with Gasteiger partial charge in [0, 0.05) is 17.0 Å². The third-order valence-electron chi connectivity index (χ3n) is 3.39. The summed E-state index contributed by atoms with van der Waals surface area (Å²) in [6.07, 6.45) is 0. The van der Waals surface area contributed by atoms with Crippen molar-refractivity contribution >= 4 is 16.9 Å². The molecule has 0 aliphatic rings. The van der Waals surface area contributed by atoms with E-state index in [-0.39, 0.29) is 11.4 Å². The number of aromatic nitrogens is 1. The molecule has 1 N–H and O–H groups in total. The third kappa shape index (κ3) is 2.48. The predicted octanol–water partition coefficient (Wildman–Crippen LogP) is 3.75. The van der Waals surface area contributed by atoms with Crippen LogP contribution in [0.1, 0.15) is 10.4 Å². The fraction of sp³-hybridized carbons (Fsp3) is 0.0588. The van der Waals surface area contributed by atoms with E-state index in [4.69, 9.17) is 4.74 Å². The van der Waals surface area contributed by atoms with Crippen LogP contribution in [0.2, 0.25) is 0 Å². The predicted molar refractivity (Wildman–Crippen MR) is 80.6 cm³/mol. The molecule has 0 radical (unpaired) electrons. The normalized spacial score (nSPS) is 10.6. The summed E-state index contributed by atoms with van der Waals surface area (Å²) in [6, 6.07) is 12.3. The van der Waals surface area contributed by atoms with Gasteiger partial charge in [-0.05, 0) is 42.5 Å². The Bertz CT molecular complexity index is 860. The summed E-state index contributed by atoms with van der Waals surface area (Å²) in [6.45, 7) is 0. The highest BCUT2D eigenvalue weighted by molar-refractivity contribution is 6.04. The maximum absolute atomic E-state index is 13.0. The number of carboxylic acid groups (broad SMARTS) is 1. The van der Waals surface area contributed by atoms with Crippen LogP contribution in [0.4, 0.5) is 4.39 Å². The first kappa shape index (κ1) is 14.0. The Hall–Kier alpha value is -2.95. The van der Waals surface area contributed by atoms with Gasteiger partial charge in [0.05, 0.1) is 23.9 Å². The number of benzene rings is 2. The highest BCUT2D eigenvalue weighted by Gasteiger charge is 2.13. The summed E-state index contributed by atoms with van der Waals surface area (Å²) >= 11 is 0. The summed E-state index contributed by atoms with van der Waals surface area (Å²) in [5, 5.41) is 9.93. The van der Waals surface area contributed by atoms with Gasteiger partial charge < -0.3 is 9.84 Å². The highest BCUT2D eigenvalue weighted by Crippen LogP contribution is 2.27. The van der Waals surface area contributed by atoms with Crippen LogP contribution in [0.15, 0.2) is 48.5 Å². The Balaban J connectivity index is 2.26. The second-order valence-corrected chi connectivity index (χ2v) is 4.75. The Morgan fingerprint density at radius 3 is 2.50 bits per heavy atom. The molecular weight excluding hydrogens is 285 g/mol. The molecule has 4 nitrogen and oxygen atoms in total. The number of carbonyl (C=O) groups is 1. The smallest absolute Gasteiger partial charge is 0.336 e. The second-order valence-electron chi connectivity index (χ2n) is 4.75. The molecule has 0 amide bonds. The molecule has 0 aliphatic heterocycles. The maximum Gasteiger partial charge on any atom is 0.336 e. The summed E-state index contributed by atoms with van der Waals surface area (Å²) in [5.41, 5.74) is 1.78. The molecule has 0 atom stereocenters. The number of methoxy groups -OCH3 is 1. The van der Waals surface area contributed by atoms with Crippen LogP contribution in [0.3, 0.4) is 0 Å². The Labute approximate surface area is 125 Å². The number of fused-ring (bicyclic) bond motifs is 1. The number of nitrogens with zero attached hydrogens (tertiary/aromatic N) is 1. The number of pyridine rings is 1. The van der Waals surface area contributed by atoms with Gasteiger partial charge in [-0.3, -0.25) is 0 Å². The average molecular weight is 297 g/mol. The minimum atomic E-state index is -1.04. The van der Waals surface area contributed by atoms with E-state index in [0.29, 0.717) is 27.9 Å². The maximum atomic E-state index is 13.0. The van der Waals surface area contributed by atoms with Gasteiger partial charge in [0.2, 0.25) is 0 Å². The first-order valence-corrected chi connectivity index (χ1v) is 6.56. The lowest BCUT2D eigenvalue weighted by Gasteiger charge is -2.08. The minimum absolute atomic E-state index is 0.145. The Morgan fingerprint density at radius 1 is 1.14 bits per heavy atom. The Kier molecular flexibility index (Phi) is 3.47. The van der Waals surface area contributed by atoms with Crippen molar-refractivity contribution in [3.63, 3.8) is 0 Å². The van der Waals surface area contributed by atoms with Crippen molar-refractivity contribution in [2.75, 3.05) is 7.11 Å². The molecule has 0 bridgehead atoms. The van der Waals surface area contributed by atoms with E-state index in [1.54, 1.807) is 30.3 Å². The zero-order valence-electron chi connectivity index (χ0n) is 11.7. The standard InChI is InChI=1S/C17H12FNO3/c1-22-12-6-7-13-14(17(20)21)9-15(19-16(13)8-12)10-2-4-11(18)5-3-10/h2-9H,1H3,(H,20,21). The van der Waals surface area contributed by atoms with E-state index in [0.717, 1.165) is 0 Å². The van der Waals surface area contributed by atoms with Gasteiger partial charge in [-0.2, -0.15) is 0 Å². The van der Waals surface area contributed by atoms with Crippen LogP contribution >= 0.6 is 0 Å². The molecule has 5 heteroatoms. The summed E-state index contributed by atoms with van der Waals surface area (Å²) in [5.74, 6) is -0.807. The van der Waals surface area contributed by atoms with Crippen molar-refractivity contribution in [2.24, 2.45) is 0 Å².